The Morgan fingerprint density at radius 1 is 1.35 bits per heavy atom. The third-order valence-electron chi connectivity index (χ3n) is 3.80. The Morgan fingerprint density at radius 3 is 2.61 bits per heavy atom. The monoisotopic (exact) mass is 320 g/mol. The Morgan fingerprint density at radius 2 is 2.04 bits per heavy atom. The minimum atomic E-state index is -1.07. The molecule has 2 aromatic rings. The zero-order chi connectivity index (χ0) is 17.2. The van der Waals surface area contributed by atoms with Crippen LogP contribution < -0.4 is 4.74 Å². The molecule has 1 aromatic carbocycles. The topological polar surface area (TPSA) is 102 Å². The molecule has 0 aliphatic heterocycles. The first kappa shape index (κ1) is 17.0. The molecule has 1 heterocycles. The third kappa shape index (κ3) is 3.34. The Kier molecular flexibility index (Phi) is 4.70. The molecule has 23 heavy (non-hydrogen) atoms. The number of imidazole rings is 1. The Bertz CT molecular complexity index is 748. The lowest BCUT2D eigenvalue weighted by Gasteiger charge is -2.21. The fourth-order valence-corrected chi connectivity index (χ4v) is 2.39. The van der Waals surface area contributed by atoms with Crippen LogP contribution in [0.25, 0.3) is 11.0 Å². The van der Waals surface area contributed by atoms with Gasteiger partial charge in [0.2, 0.25) is 5.78 Å². The highest BCUT2D eigenvalue weighted by Gasteiger charge is 2.32. The number of hydrogen-bond donors (Lipinski definition) is 2. The summed E-state index contributed by atoms with van der Waals surface area (Å²) in [6.07, 6.45) is 0.269. The lowest BCUT2D eigenvalue weighted by atomic mass is 9.84. The van der Waals surface area contributed by atoms with Gasteiger partial charge in [0, 0.05) is 18.1 Å². The van der Waals surface area contributed by atoms with Crippen LogP contribution in [0.4, 0.5) is 0 Å². The van der Waals surface area contributed by atoms with Crippen molar-refractivity contribution in [3.05, 3.63) is 24.0 Å². The molecule has 0 bridgehead atoms. The summed E-state index contributed by atoms with van der Waals surface area (Å²) in [4.78, 5) is 28.3. The molecule has 2 N–H and O–H groups in total. The molecule has 0 radical (unpaired) electrons. The molecular formula is C16H20N2O5. The molecule has 7 heteroatoms. The van der Waals surface area contributed by atoms with Crippen LogP contribution in [0.3, 0.4) is 0 Å². The number of carboxylic acid groups (broad SMARTS) is 1. The average molecular weight is 320 g/mol. The molecule has 0 aliphatic rings. The van der Waals surface area contributed by atoms with Crippen molar-refractivity contribution < 1.29 is 24.5 Å². The van der Waals surface area contributed by atoms with E-state index < -0.39 is 11.4 Å². The van der Waals surface area contributed by atoms with Gasteiger partial charge in [0.25, 0.3) is 0 Å². The fourth-order valence-electron chi connectivity index (χ4n) is 2.39. The maximum absolute atomic E-state index is 12.8. The summed E-state index contributed by atoms with van der Waals surface area (Å²) in [7, 11) is 1.51. The standard InChI is InChI=1S/C16H20N2O5/c1-16(2,6-7-19)14(22)15-17-11-5-4-10(23-3)8-12(11)18(15)9-13(20)21/h4-5,8,19H,6-7,9H2,1-3H3,(H,20,21). The van der Waals surface area contributed by atoms with E-state index in [-0.39, 0.29) is 31.2 Å². The third-order valence-corrected chi connectivity index (χ3v) is 3.80. The van der Waals surface area contributed by atoms with Crippen LogP contribution >= 0.6 is 0 Å². The largest absolute Gasteiger partial charge is 0.497 e. The lowest BCUT2D eigenvalue weighted by molar-refractivity contribution is -0.137. The lowest BCUT2D eigenvalue weighted by Crippen LogP contribution is -2.29. The number of ether oxygens (including phenoxy) is 1. The van der Waals surface area contributed by atoms with Gasteiger partial charge < -0.3 is 19.5 Å². The van der Waals surface area contributed by atoms with Crippen LogP contribution in [-0.4, -0.2) is 45.2 Å². The molecule has 124 valence electrons. The number of hydrogen-bond acceptors (Lipinski definition) is 5. The number of rotatable bonds is 7. The Balaban J connectivity index is 2.62. The smallest absolute Gasteiger partial charge is 0.323 e. The second-order valence-corrected chi connectivity index (χ2v) is 5.96. The first-order chi connectivity index (χ1) is 10.8. The van der Waals surface area contributed by atoms with Crippen LogP contribution in [0.1, 0.15) is 30.9 Å². The zero-order valence-electron chi connectivity index (χ0n) is 13.4. The molecule has 0 spiro atoms. The van der Waals surface area contributed by atoms with Gasteiger partial charge in [-0.05, 0) is 18.6 Å². The normalized spacial score (nSPS) is 11.7. The number of carbonyl (C=O) groups excluding carboxylic acids is 1. The number of methoxy groups -OCH3 is 1. The summed E-state index contributed by atoms with van der Waals surface area (Å²) in [5, 5.41) is 18.3. The van der Waals surface area contributed by atoms with Crippen molar-refractivity contribution in [1.29, 1.82) is 0 Å². The number of ketones is 1. The maximum Gasteiger partial charge on any atom is 0.323 e. The molecule has 7 nitrogen and oxygen atoms in total. The first-order valence-electron chi connectivity index (χ1n) is 7.22. The fraction of sp³-hybridized carbons (Fsp3) is 0.438. The first-order valence-corrected chi connectivity index (χ1v) is 7.22. The Hall–Kier alpha value is -2.41. The SMILES string of the molecule is COc1ccc2nc(C(=O)C(C)(C)CCO)n(CC(=O)O)c2c1. The number of carbonyl (C=O) groups is 2. The van der Waals surface area contributed by atoms with Gasteiger partial charge in [0.1, 0.15) is 12.3 Å². The van der Waals surface area contributed by atoms with Crippen molar-refractivity contribution in [3.63, 3.8) is 0 Å². The number of fused-ring (bicyclic) bond motifs is 1. The van der Waals surface area contributed by atoms with Crippen LogP contribution in [0.15, 0.2) is 18.2 Å². The van der Waals surface area contributed by atoms with Gasteiger partial charge >= 0.3 is 5.97 Å². The van der Waals surface area contributed by atoms with Crippen molar-refractivity contribution in [2.24, 2.45) is 5.41 Å². The summed E-state index contributed by atoms with van der Waals surface area (Å²) >= 11 is 0. The van der Waals surface area contributed by atoms with E-state index >= 15 is 0 Å². The van der Waals surface area contributed by atoms with Gasteiger partial charge in [-0.2, -0.15) is 0 Å². The number of benzene rings is 1. The molecule has 0 unspecified atom stereocenters. The van der Waals surface area contributed by atoms with Crippen molar-refractivity contribution in [2.75, 3.05) is 13.7 Å². The summed E-state index contributed by atoms with van der Waals surface area (Å²) in [5.74, 6) is -0.740. The quantitative estimate of drug-likeness (QED) is 0.753. The van der Waals surface area contributed by atoms with Gasteiger partial charge in [0.05, 0.1) is 18.1 Å². The van der Waals surface area contributed by atoms with E-state index in [1.54, 1.807) is 32.0 Å². The number of aliphatic hydroxyl groups excluding tert-OH is 1. The molecule has 2 rings (SSSR count). The number of nitrogens with zero attached hydrogens (tertiary/aromatic N) is 2. The minimum Gasteiger partial charge on any atom is -0.497 e. The van der Waals surface area contributed by atoms with E-state index in [0.717, 1.165) is 0 Å². The van der Waals surface area contributed by atoms with Crippen molar-refractivity contribution in [2.45, 2.75) is 26.8 Å². The highest BCUT2D eigenvalue weighted by Crippen LogP contribution is 2.29. The van der Waals surface area contributed by atoms with Crippen molar-refractivity contribution in [3.8, 4) is 5.75 Å². The highest BCUT2D eigenvalue weighted by atomic mass is 16.5. The van der Waals surface area contributed by atoms with Gasteiger partial charge in [-0.15, -0.1) is 0 Å². The zero-order valence-corrected chi connectivity index (χ0v) is 13.4. The van der Waals surface area contributed by atoms with Gasteiger partial charge in [-0.3, -0.25) is 9.59 Å². The summed E-state index contributed by atoms with van der Waals surface area (Å²) in [6, 6.07) is 5.04. The van der Waals surface area contributed by atoms with E-state index in [2.05, 4.69) is 4.98 Å². The predicted octanol–water partition coefficient (Wildman–Crippen LogP) is 1.72. The van der Waals surface area contributed by atoms with E-state index in [1.165, 1.54) is 11.7 Å². The Labute approximate surface area is 133 Å². The average Bonchev–Trinajstić information content (AvgIpc) is 2.83. The number of aliphatic hydroxyl groups is 1. The number of aromatic nitrogens is 2. The van der Waals surface area contributed by atoms with Crippen molar-refractivity contribution >= 4 is 22.8 Å². The summed E-state index contributed by atoms with van der Waals surface area (Å²) in [6.45, 7) is 2.90. The second kappa shape index (κ2) is 6.37. The number of carboxylic acids is 1. The summed E-state index contributed by atoms with van der Waals surface area (Å²) < 4.78 is 6.53. The van der Waals surface area contributed by atoms with Crippen LogP contribution in [0.5, 0.6) is 5.75 Å². The molecule has 0 saturated carbocycles. The van der Waals surface area contributed by atoms with Crippen molar-refractivity contribution in [1.82, 2.24) is 9.55 Å². The van der Waals surface area contributed by atoms with Gasteiger partial charge in [-0.25, -0.2) is 4.98 Å². The second-order valence-electron chi connectivity index (χ2n) is 5.96. The van der Waals surface area contributed by atoms with Gasteiger partial charge in [0.15, 0.2) is 5.82 Å². The van der Waals surface area contributed by atoms with Crippen LogP contribution in [-0.2, 0) is 11.3 Å². The van der Waals surface area contributed by atoms with E-state index in [9.17, 15) is 9.59 Å². The molecule has 1 aromatic heterocycles. The molecular weight excluding hydrogens is 300 g/mol. The summed E-state index contributed by atoms with van der Waals surface area (Å²) in [5.41, 5.74) is 0.210. The van der Waals surface area contributed by atoms with E-state index in [4.69, 9.17) is 14.9 Å². The molecule has 0 aliphatic carbocycles. The molecule has 0 amide bonds. The number of aliphatic carboxylic acids is 1. The molecule has 0 atom stereocenters. The minimum absolute atomic E-state index is 0.0779. The van der Waals surface area contributed by atoms with Gasteiger partial charge in [-0.1, -0.05) is 13.8 Å². The van der Waals surface area contributed by atoms with E-state index in [0.29, 0.717) is 16.8 Å². The van der Waals surface area contributed by atoms with Crippen LogP contribution in [0, 0.1) is 5.41 Å². The predicted molar refractivity (Wildman–Crippen MR) is 83.7 cm³/mol. The van der Waals surface area contributed by atoms with Crippen LogP contribution in [0.2, 0.25) is 0 Å². The number of Topliss-reactive ketones (excluding diaryl/α,β-unsaturated/α-hetero) is 1. The maximum atomic E-state index is 12.8. The van der Waals surface area contributed by atoms with E-state index in [1.807, 2.05) is 0 Å². The molecule has 0 fully saturated rings. The molecule has 0 saturated heterocycles. The highest BCUT2D eigenvalue weighted by molar-refractivity contribution is 6.00.